The zero-order chi connectivity index (χ0) is 19.6. The van der Waals surface area contributed by atoms with E-state index in [-0.39, 0.29) is 24.1 Å². The fourth-order valence-corrected chi connectivity index (χ4v) is 4.02. The van der Waals surface area contributed by atoms with Crippen molar-refractivity contribution >= 4 is 17.7 Å². The van der Waals surface area contributed by atoms with Gasteiger partial charge >= 0.3 is 0 Å². The Morgan fingerprint density at radius 3 is 2.59 bits per heavy atom. The van der Waals surface area contributed by atoms with E-state index in [0.29, 0.717) is 5.56 Å². The summed E-state index contributed by atoms with van der Waals surface area (Å²) in [6, 6.07) is 4.77. The molecule has 3 unspecified atom stereocenters. The molecule has 2 aliphatic rings. The molecule has 1 N–H and O–H groups in total. The molecule has 3 rings (SSSR count). The van der Waals surface area contributed by atoms with Gasteiger partial charge in [-0.15, -0.1) is 0 Å². The summed E-state index contributed by atoms with van der Waals surface area (Å²) in [6.45, 7) is 3.11. The van der Waals surface area contributed by atoms with Crippen molar-refractivity contribution in [3.8, 4) is 0 Å². The molecule has 1 aromatic rings. The first-order chi connectivity index (χ1) is 12.9. The molecule has 1 aromatic carbocycles. The van der Waals surface area contributed by atoms with Crippen molar-refractivity contribution < 1.29 is 18.8 Å². The Morgan fingerprint density at radius 2 is 1.93 bits per heavy atom. The van der Waals surface area contributed by atoms with Gasteiger partial charge in [0, 0.05) is 26.6 Å². The molecular weight excluding hydrogens is 349 g/mol. The second kappa shape index (κ2) is 8.06. The van der Waals surface area contributed by atoms with Crippen molar-refractivity contribution in [3.05, 3.63) is 35.6 Å². The van der Waals surface area contributed by atoms with Gasteiger partial charge in [-0.05, 0) is 43.9 Å². The Morgan fingerprint density at radius 1 is 1.22 bits per heavy atom. The Balaban J connectivity index is 1.72. The van der Waals surface area contributed by atoms with Gasteiger partial charge in [0.2, 0.25) is 17.7 Å². The summed E-state index contributed by atoms with van der Waals surface area (Å²) >= 11 is 0. The van der Waals surface area contributed by atoms with E-state index in [9.17, 15) is 18.8 Å². The summed E-state index contributed by atoms with van der Waals surface area (Å²) in [5.41, 5.74) is 0.582. The highest BCUT2D eigenvalue weighted by molar-refractivity contribution is 5.93. The highest BCUT2D eigenvalue weighted by Crippen LogP contribution is 2.37. The summed E-state index contributed by atoms with van der Waals surface area (Å²) in [6.07, 6.45) is 3.14. The molecule has 0 aliphatic carbocycles. The maximum atomic E-state index is 13.6. The Labute approximate surface area is 158 Å². The lowest BCUT2D eigenvalue weighted by molar-refractivity contribution is -0.137. The van der Waals surface area contributed by atoms with E-state index < -0.39 is 23.8 Å². The lowest BCUT2D eigenvalue weighted by atomic mass is 9.92. The molecule has 7 heteroatoms. The smallest absolute Gasteiger partial charge is 0.244 e. The number of benzene rings is 1. The third-order valence-electron chi connectivity index (χ3n) is 5.51. The van der Waals surface area contributed by atoms with E-state index in [1.165, 1.54) is 17.0 Å². The van der Waals surface area contributed by atoms with E-state index in [1.807, 2.05) is 0 Å². The largest absolute Gasteiger partial charge is 0.344 e. The third-order valence-corrected chi connectivity index (χ3v) is 5.51. The topological polar surface area (TPSA) is 69.7 Å². The molecular formula is C20H26FN3O3. The SMILES string of the molecule is CC(NC(=O)C1CC(=O)N(C)C1c1cccc(F)c1)C(=O)N1CCCCC1. The number of likely N-dealkylation sites (tertiary alicyclic amines) is 2. The van der Waals surface area contributed by atoms with Crippen LogP contribution in [-0.4, -0.2) is 53.7 Å². The molecule has 3 amide bonds. The van der Waals surface area contributed by atoms with Crippen LogP contribution in [0.3, 0.4) is 0 Å². The predicted molar refractivity (Wildman–Crippen MR) is 98.1 cm³/mol. The van der Waals surface area contributed by atoms with Gasteiger partial charge in [-0.3, -0.25) is 14.4 Å². The van der Waals surface area contributed by atoms with Crippen molar-refractivity contribution in [2.45, 2.75) is 44.7 Å². The van der Waals surface area contributed by atoms with Gasteiger partial charge in [0.05, 0.1) is 12.0 Å². The van der Waals surface area contributed by atoms with Gasteiger partial charge in [-0.2, -0.15) is 0 Å². The maximum absolute atomic E-state index is 13.6. The number of nitrogens with one attached hydrogen (secondary N) is 1. The summed E-state index contributed by atoms with van der Waals surface area (Å²) in [5.74, 6) is -1.67. The van der Waals surface area contributed by atoms with Gasteiger partial charge in [0.15, 0.2) is 0 Å². The number of carbonyl (C=O) groups excluding carboxylic acids is 3. The van der Waals surface area contributed by atoms with Crippen LogP contribution in [0.4, 0.5) is 4.39 Å². The molecule has 0 spiro atoms. The number of rotatable bonds is 4. The average molecular weight is 375 g/mol. The van der Waals surface area contributed by atoms with Crippen LogP contribution in [0.1, 0.15) is 44.2 Å². The van der Waals surface area contributed by atoms with E-state index in [4.69, 9.17) is 0 Å². The molecule has 146 valence electrons. The highest BCUT2D eigenvalue weighted by Gasteiger charge is 2.43. The first-order valence-corrected chi connectivity index (χ1v) is 9.48. The monoisotopic (exact) mass is 375 g/mol. The lowest BCUT2D eigenvalue weighted by Crippen LogP contribution is -2.50. The lowest BCUT2D eigenvalue weighted by Gasteiger charge is -2.30. The average Bonchev–Trinajstić information content (AvgIpc) is 2.96. The van der Waals surface area contributed by atoms with Crippen molar-refractivity contribution in [2.75, 3.05) is 20.1 Å². The predicted octanol–water partition coefficient (Wildman–Crippen LogP) is 1.86. The highest BCUT2D eigenvalue weighted by atomic mass is 19.1. The molecule has 3 atom stereocenters. The Hall–Kier alpha value is -2.44. The molecule has 0 bridgehead atoms. The van der Waals surface area contributed by atoms with Crippen molar-refractivity contribution in [2.24, 2.45) is 5.92 Å². The fourth-order valence-electron chi connectivity index (χ4n) is 4.02. The van der Waals surface area contributed by atoms with Crippen LogP contribution in [-0.2, 0) is 14.4 Å². The molecule has 2 saturated heterocycles. The van der Waals surface area contributed by atoms with Crippen LogP contribution in [0.5, 0.6) is 0 Å². The zero-order valence-corrected chi connectivity index (χ0v) is 15.8. The molecule has 0 saturated carbocycles. The molecule has 2 fully saturated rings. The first-order valence-electron chi connectivity index (χ1n) is 9.48. The zero-order valence-electron chi connectivity index (χ0n) is 15.8. The van der Waals surface area contributed by atoms with Gasteiger partial charge in [-0.1, -0.05) is 12.1 Å². The van der Waals surface area contributed by atoms with Gasteiger partial charge < -0.3 is 15.1 Å². The third kappa shape index (κ3) is 4.12. The molecule has 6 nitrogen and oxygen atoms in total. The summed E-state index contributed by atoms with van der Waals surface area (Å²) in [4.78, 5) is 40.9. The molecule has 0 aromatic heterocycles. The Bertz CT molecular complexity index is 733. The minimum absolute atomic E-state index is 0.0497. The number of halogens is 1. The number of amides is 3. The normalized spacial score (nSPS) is 24.0. The number of hydrogen-bond donors (Lipinski definition) is 1. The second-order valence-electron chi connectivity index (χ2n) is 7.43. The van der Waals surface area contributed by atoms with Gasteiger partial charge in [0.25, 0.3) is 0 Å². The number of nitrogens with zero attached hydrogens (tertiary/aromatic N) is 2. The maximum Gasteiger partial charge on any atom is 0.244 e. The Kier molecular flexibility index (Phi) is 5.77. The van der Waals surface area contributed by atoms with Gasteiger partial charge in [0.1, 0.15) is 11.9 Å². The van der Waals surface area contributed by atoms with Crippen LogP contribution in [0, 0.1) is 11.7 Å². The molecule has 2 aliphatic heterocycles. The number of hydrogen-bond acceptors (Lipinski definition) is 3. The second-order valence-corrected chi connectivity index (χ2v) is 7.43. The van der Waals surface area contributed by atoms with Crippen LogP contribution in [0.25, 0.3) is 0 Å². The van der Waals surface area contributed by atoms with Crippen molar-refractivity contribution in [3.63, 3.8) is 0 Å². The number of carbonyl (C=O) groups is 3. The van der Waals surface area contributed by atoms with E-state index in [1.54, 1.807) is 31.0 Å². The summed E-state index contributed by atoms with van der Waals surface area (Å²) in [5, 5.41) is 2.77. The van der Waals surface area contributed by atoms with E-state index in [0.717, 1.165) is 32.4 Å². The summed E-state index contributed by atoms with van der Waals surface area (Å²) in [7, 11) is 1.62. The molecule has 27 heavy (non-hydrogen) atoms. The van der Waals surface area contributed by atoms with Crippen molar-refractivity contribution in [1.29, 1.82) is 0 Å². The van der Waals surface area contributed by atoms with E-state index in [2.05, 4.69) is 5.32 Å². The quantitative estimate of drug-likeness (QED) is 0.873. The van der Waals surface area contributed by atoms with Crippen LogP contribution in [0.2, 0.25) is 0 Å². The minimum atomic E-state index is -0.652. The van der Waals surface area contributed by atoms with Crippen LogP contribution in [0.15, 0.2) is 24.3 Å². The van der Waals surface area contributed by atoms with Gasteiger partial charge in [-0.25, -0.2) is 4.39 Å². The summed E-state index contributed by atoms with van der Waals surface area (Å²) < 4.78 is 13.6. The number of piperidine rings is 1. The van der Waals surface area contributed by atoms with Crippen molar-refractivity contribution in [1.82, 2.24) is 15.1 Å². The molecule has 2 heterocycles. The fraction of sp³-hybridized carbons (Fsp3) is 0.550. The van der Waals surface area contributed by atoms with E-state index >= 15 is 0 Å². The minimum Gasteiger partial charge on any atom is -0.344 e. The first kappa shape index (κ1) is 19.3. The van der Waals surface area contributed by atoms with Crippen LogP contribution < -0.4 is 5.32 Å². The van der Waals surface area contributed by atoms with Crippen LogP contribution >= 0.6 is 0 Å². The molecule has 0 radical (unpaired) electrons. The standard InChI is InChI=1S/C20H26FN3O3/c1-13(20(27)24-9-4-3-5-10-24)22-19(26)16-12-17(25)23(2)18(16)14-7-6-8-15(21)11-14/h6-8,11,13,16,18H,3-5,9-10,12H2,1-2H3,(H,22,26).